The normalized spacial score (nSPS) is 11.7. The van der Waals surface area contributed by atoms with Crippen LogP contribution in [0.25, 0.3) is 0 Å². The van der Waals surface area contributed by atoms with Gasteiger partial charge in [0.2, 0.25) is 0 Å². The second kappa shape index (κ2) is 5.84. The summed E-state index contributed by atoms with van der Waals surface area (Å²) in [5, 5.41) is 5.09. The molecule has 0 unspecified atom stereocenters. The third-order valence-electron chi connectivity index (χ3n) is 1.15. The molecule has 0 rings (SSSR count). The zero-order chi connectivity index (χ0) is 8.74. The molecular formula is C4H15B2N2O2P. The van der Waals surface area contributed by atoms with Crippen molar-refractivity contribution in [1.82, 2.24) is 10.2 Å². The Morgan fingerprint density at radius 1 is 1.18 bits per heavy atom. The Morgan fingerprint density at radius 3 is 1.82 bits per heavy atom. The van der Waals surface area contributed by atoms with Crippen molar-refractivity contribution in [3.63, 3.8) is 0 Å². The van der Waals surface area contributed by atoms with Crippen molar-refractivity contribution >= 4 is 23.4 Å². The van der Waals surface area contributed by atoms with E-state index in [0.717, 1.165) is 12.6 Å². The van der Waals surface area contributed by atoms with Crippen molar-refractivity contribution in [2.45, 2.75) is 12.6 Å². The minimum absolute atomic E-state index is 0.574. The van der Waals surface area contributed by atoms with Gasteiger partial charge in [-0.2, -0.15) is 0 Å². The first-order valence-electron chi connectivity index (χ1n) is 3.95. The molecule has 0 amide bonds. The van der Waals surface area contributed by atoms with E-state index in [9.17, 15) is 4.57 Å². The van der Waals surface area contributed by atoms with E-state index >= 15 is 0 Å². The molecule has 0 aliphatic rings. The lowest BCUT2D eigenvalue weighted by Gasteiger charge is -2.12. The van der Waals surface area contributed by atoms with Gasteiger partial charge in [-0.15, -0.1) is 0 Å². The molecule has 0 saturated carbocycles. The highest BCUT2D eigenvalue weighted by Gasteiger charge is 2.13. The summed E-state index contributed by atoms with van der Waals surface area (Å²) in [5.74, 6) is 0. The molecule has 0 saturated heterocycles. The van der Waals surface area contributed by atoms with Gasteiger partial charge < -0.3 is 4.89 Å². The number of hydrogen-bond donors (Lipinski definition) is 3. The lowest BCUT2D eigenvalue weighted by atomic mass is 10.1. The second-order valence-electron chi connectivity index (χ2n) is 2.39. The van der Waals surface area contributed by atoms with Crippen molar-refractivity contribution in [2.24, 2.45) is 0 Å². The largest absolute Gasteiger partial charge is 0.338 e. The molecule has 0 aliphatic heterocycles. The van der Waals surface area contributed by atoms with Crippen LogP contribution in [0.15, 0.2) is 0 Å². The average molecular weight is 176 g/mol. The molecule has 0 radical (unpaired) electrons. The van der Waals surface area contributed by atoms with E-state index in [-0.39, 0.29) is 0 Å². The fraction of sp³-hybridized carbons (Fsp3) is 1.00. The van der Waals surface area contributed by atoms with Gasteiger partial charge in [-0.1, -0.05) is 12.6 Å². The zero-order valence-corrected chi connectivity index (χ0v) is 8.03. The Kier molecular flexibility index (Phi) is 5.96. The summed E-state index contributed by atoms with van der Waals surface area (Å²) in [4.78, 5) is 9.11. The Balaban J connectivity index is 3.53. The van der Waals surface area contributed by atoms with Crippen LogP contribution in [-0.4, -0.2) is 33.7 Å². The standard InChI is InChI=1S/C4H15B2N2O2P/c5-1-3-7-11(9,10)8-4-2-6/h1-6H2,(H3,7,8,9,10). The van der Waals surface area contributed by atoms with Crippen LogP contribution >= 0.6 is 7.67 Å². The highest BCUT2D eigenvalue weighted by molar-refractivity contribution is 7.53. The Morgan fingerprint density at radius 2 is 1.55 bits per heavy atom. The highest BCUT2D eigenvalue weighted by atomic mass is 31.2. The van der Waals surface area contributed by atoms with E-state index in [1.54, 1.807) is 0 Å². The van der Waals surface area contributed by atoms with Gasteiger partial charge in [-0.3, -0.25) is 4.57 Å². The molecule has 0 aliphatic carbocycles. The van der Waals surface area contributed by atoms with Crippen LogP contribution in [0.4, 0.5) is 0 Å². The first-order valence-corrected chi connectivity index (χ1v) is 5.61. The monoisotopic (exact) mass is 176 g/mol. The minimum atomic E-state index is -3.23. The van der Waals surface area contributed by atoms with Gasteiger partial charge in [0.05, 0.1) is 0 Å². The molecule has 0 spiro atoms. The summed E-state index contributed by atoms with van der Waals surface area (Å²) >= 11 is 0. The van der Waals surface area contributed by atoms with Gasteiger partial charge in [0.1, 0.15) is 15.7 Å². The van der Waals surface area contributed by atoms with E-state index in [1.807, 2.05) is 15.7 Å². The molecule has 0 aromatic heterocycles. The van der Waals surface area contributed by atoms with Crippen LogP contribution in [0.5, 0.6) is 0 Å². The second-order valence-corrected chi connectivity index (χ2v) is 4.18. The van der Waals surface area contributed by atoms with Gasteiger partial charge in [0.15, 0.2) is 0 Å². The smallest absolute Gasteiger partial charge is 0.322 e. The molecule has 7 heteroatoms. The Bertz CT molecular complexity index is 134. The highest BCUT2D eigenvalue weighted by Crippen LogP contribution is 2.28. The van der Waals surface area contributed by atoms with Gasteiger partial charge in [0.25, 0.3) is 0 Å². The summed E-state index contributed by atoms with van der Waals surface area (Å²) < 4.78 is 11.1. The summed E-state index contributed by atoms with van der Waals surface area (Å²) in [6, 6.07) is 0. The molecule has 11 heavy (non-hydrogen) atoms. The van der Waals surface area contributed by atoms with Gasteiger partial charge in [0, 0.05) is 0 Å². The predicted octanol–water partition coefficient (Wildman–Crippen LogP) is -1.63. The van der Waals surface area contributed by atoms with Gasteiger partial charge in [-0.25, -0.2) is 10.2 Å². The van der Waals surface area contributed by atoms with Crippen LogP contribution in [-0.2, 0) is 4.57 Å². The summed E-state index contributed by atoms with van der Waals surface area (Å²) in [6.07, 6.45) is 1.72. The van der Waals surface area contributed by atoms with Crippen molar-refractivity contribution in [2.75, 3.05) is 13.1 Å². The van der Waals surface area contributed by atoms with E-state index in [4.69, 9.17) is 4.89 Å². The molecule has 0 aromatic rings. The molecule has 0 atom stereocenters. The molecular weight excluding hydrogens is 161 g/mol. The molecule has 4 nitrogen and oxygen atoms in total. The Labute approximate surface area is 69.5 Å². The minimum Gasteiger partial charge on any atom is -0.322 e. The quantitative estimate of drug-likeness (QED) is 0.335. The third-order valence-corrected chi connectivity index (χ3v) is 2.46. The molecule has 0 heterocycles. The fourth-order valence-electron chi connectivity index (χ4n) is 0.583. The number of nitrogens with one attached hydrogen (secondary N) is 2. The van der Waals surface area contributed by atoms with E-state index in [0.29, 0.717) is 13.1 Å². The van der Waals surface area contributed by atoms with E-state index < -0.39 is 7.67 Å². The molecule has 0 bridgehead atoms. The summed E-state index contributed by atoms with van der Waals surface area (Å²) in [6.45, 7) is 1.15. The molecule has 3 N–H and O–H groups in total. The maximum Gasteiger partial charge on any atom is 0.338 e. The lowest BCUT2D eigenvalue weighted by molar-refractivity contribution is 0.450. The predicted molar refractivity (Wildman–Crippen MR) is 52.5 cm³/mol. The van der Waals surface area contributed by atoms with Crippen molar-refractivity contribution < 1.29 is 9.46 Å². The van der Waals surface area contributed by atoms with Gasteiger partial charge in [-0.05, 0) is 13.1 Å². The van der Waals surface area contributed by atoms with Crippen LogP contribution in [0.2, 0.25) is 12.6 Å². The number of rotatable bonds is 6. The molecule has 0 fully saturated rings. The lowest BCUT2D eigenvalue weighted by Crippen LogP contribution is -2.23. The SMILES string of the molecule is BCCNP(=O)(O)NCCB. The van der Waals surface area contributed by atoms with E-state index in [1.165, 1.54) is 0 Å². The topological polar surface area (TPSA) is 61.4 Å². The average Bonchev–Trinajstić information content (AvgIpc) is 1.97. The maximum atomic E-state index is 11.1. The van der Waals surface area contributed by atoms with Crippen molar-refractivity contribution in [3.05, 3.63) is 0 Å². The number of hydrogen-bond acceptors (Lipinski definition) is 1. The first kappa shape index (κ1) is 11.2. The van der Waals surface area contributed by atoms with Crippen molar-refractivity contribution in [1.29, 1.82) is 0 Å². The maximum absolute atomic E-state index is 11.1. The fourth-order valence-corrected chi connectivity index (χ4v) is 1.75. The molecule has 0 aromatic carbocycles. The van der Waals surface area contributed by atoms with Crippen molar-refractivity contribution in [3.8, 4) is 0 Å². The first-order chi connectivity index (χ1) is 5.12. The summed E-state index contributed by atoms with van der Waals surface area (Å²) in [5.41, 5.74) is 0. The van der Waals surface area contributed by atoms with Crippen LogP contribution < -0.4 is 10.2 Å². The van der Waals surface area contributed by atoms with Gasteiger partial charge >= 0.3 is 7.67 Å². The third kappa shape index (κ3) is 6.63. The zero-order valence-electron chi connectivity index (χ0n) is 7.13. The van der Waals surface area contributed by atoms with E-state index in [2.05, 4.69) is 10.2 Å². The van der Waals surface area contributed by atoms with Crippen LogP contribution in [0, 0.1) is 0 Å². The Hall–Kier alpha value is 0.240. The summed E-state index contributed by atoms with van der Waals surface area (Å²) in [7, 11) is 0.677. The van der Waals surface area contributed by atoms with Crippen LogP contribution in [0.1, 0.15) is 0 Å². The van der Waals surface area contributed by atoms with Crippen LogP contribution in [0.3, 0.4) is 0 Å². The molecule has 64 valence electrons.